The molecule has 0 aliphatic rings. The number of hydrogen-bond donors (Lipinski definition) is 0. The van der Waals surface area contributed by atoms with Crippen LogP contribution in [0, 0.1) is 0 Å². The van der Waals surface area contributed by atoms with Crippen molar-refractivity contribution in [2.45, 2.75) is 0 Å². The van der Waals surface area contributed by atoms with Crippen molar-refractivity contribution in [1.29, 1.82) is 0 Å². The summed E-state index contributed by atoms with van der Waals surface area (Å²) in [6.07, 6.45) is 0. The Hall–Kier alpha value is -10.9. The van der Waals surface area contributed by atoms with Gasteiger partial charge in [0.05, 0.1) is 55.6 Å². The van der Waals surface area contributed by atoms with E-state index in [1.165, 1.54) is 0 Å². The van der Waals surface area contributed by atoms with Crippen molar-refractivity contribution in [2.75, 3.05) is 9.80 Å². The fraction of sp³-hybridized carbons (Fsp3) is 0. The van der Waals surface area contributed by atoms with Crippen molar-refractivity contribution in [3.05, 3.63) is 291 Å². The molecule has 0 saturated carbocycles. The van der Waals surface area contributed by atoms with Crippen LogP contribution in [0.3, 0.4) is 0 Å². The first-order valence-electron chi connectivity index (χ1n) is 27.8. The van der Waals surface area contributed by atoms with Gasteiger partial charge in [-0.3, -0.25) is 0 Å². The molecule has 0 N–H and O–H groups in total. The summed E-state index contributed by atoms with van der Waals surface area (Å²) in [6.45, 7) is 0. The van der Waals surface area contributed by atoms with Crippen molar-refractivity contribution in [1.82, 2.24) is 9.13 Å². The SMILES string of the molecule is c1ccc(N(c2ccccc2)c2c3ccccc3c(-n3c4ccccc4c4c5oc6c(ccc7c6c6ccccc6n7-c6c7ccccc7c(N(c7ccccc7)c7ccccc7)c7ccccc67)c5ccc43)c3ccccc23)cc1. The molecule has 0 radical (unpaired) electrons. The van der Waals surface area contributed by atoms with Crippen LogP contribution in [-0.4, -0.2) is 9.13 Å². The number of hydrogen-bond acceptors (Lipinski definition) is 3. The van der Waals surface area contributed by atoms with Crippen molar-refractivity contribution in [3.63, 3.8) is 0 Å². The molecule has 14 aromatic carbocycles. The number of furan rings is 1. The van der Waals surface area contributed by atoms with Gasteiger partial charge in [0.2, 0.25) is 0 Å². The highest BCUT2D eigenvalue weighted by Gasteiger charge is 2.29. The molecule has 0 spiro atoms. The zero-order chi connectivity index (χ0) is 53.1. The Balaban J connectivity index is 0.935. The molecule has 0 amide bonds. The van der Waals surface area contributed by atoms with Gasteiger partial charge >= 0.3 is 0 Å². The Kier molecular flexibility index (Phi) is 9.94. The summed E-state index contributed by atoms with van der Waals surface area (Å²) in [7, 11) is 0. The Bertz CT molecular complexity index is 4820. The summed E-state index contributed by atoms with van der Waals surface area (Å²) in [4.78, 5) is 4.84. The van der Waals surface area contributed by atoms with Crippen LogP contribution in [0.5, 0.6) is 0 Å². The zero-order valence-electron chi connectivity index (χ0n) is 43.9. The van der Waals surface area contributed by atoms with Crippen LogP contribution in [0.4, 0.5) is 34.1 Å². The Labute approximate surface area is 466 Å². The van der Waals surface area contributed by atoms with Crippen molar-refractivity contribution in [2.24, 2.45) is 0 Å². The zero-order valence-corrected chi connectivity index (χ0v) is 43.9. The average Bonchev–Trinajstić information content (AvgIpc) is 2.96. The van der Waals surface area contributed by atoms with E-state index in [0.717, 1.165) is 154 Å². The first kappa shape index (κ1) is 45.2. The van der Waals surface area contributed by atoms with Crippen molar-refractivity contribution >= 4 is 143 Å². The van der Waals surface area contributed by atoms with E-state index < -0.39 is 0 Å². The van der Waals surface area contributed by atoms with Gasteiger partial charge in [-0.05, 0) is 84.9 Å². The second-order valence-electron chi connectivity index (χ2n) is 21.1. The Morgan fingerprint density at radius 2 is 0.469 bits per heavy atom. The monoisotopic (exact) mass is 1030 g/mol. The van der Waals surface area contributed by atoms with Gasteiger partial charge < -0.3 is 23.4 Å². The molecule has 3 heterocycles. The Morgan fingerprint density at radius 3 is 0.778 bits per heavy atom. The fourth-order valence-corrected chi connectivity index (χ4v) is 13.5. The molecule has 17 rings (SSSR count). The Morgan fingerprint density at radius 1 is 0.210 bits per heavy atom. The van der Waals surface area contributed by atoms with E-state index >= 15 is 0 Å². The maximum Gasteiger partial charge on any atom is 0.145 e. The third-order valence-electron chi connectivity index (χ3n) is 16.8. The predicted octanol–water partition coefficient (Wildman–Crippen LogP) is 21.3. The molecule has 0 fully saturated rings. The number of para-hydroxylation sites is 6. The lowest BCUT2D eigenvalue weighted by molar-refractivity contribution is 0.677. The summed E-state index contributed by atoms with van der Waals surface area (Å²) in [5.41, 5.74) is 15.1. The summed E-state index contributed by atoms with van der Waals surface area (Å²) in [5.74, 6) is 0. The maximum atomic E-state index is 7.60. The number of fused-ring (bicyclic) bond motifs is 15. The number of rotatable bonds is 8. The molecule has 5 nitrogen and oxygen atoms in total. The second-order valence-corrected chi connectivity index (χ2v) is 21.1. The van der Waals surface area contributed by atoms with Gasteiger partial charge in [0.15, 0.2) is 0 Å². The summed E-state index contributed by atoms with van der Waals surface area (Å²) in [5, 5.41) is 15.9. The van der Waals surface area contributed by atoms with Crippen LogP contribution in [0.15, 0.2) is 296 Å². The molecule has 5 heteroatoms. The lowest BCUT2D eigenvalue weighted by atomic mass is 9.96. The van der Waals surface area contributed by atoms with Crippen LogP contribution in [-0.2, 0) is 0 Å². The van der Waals surface area contributed by atoms with Gasteiger partial charge in [0.1, 0.15) is 11.2 Å². The van der Waals surface area contributed by atoms with Crippen LogP contribution < -0.4 is 9.80 Å². The minimum atomic E-state index is 0.883. The summed E-state index contributed by atoms with van der Waals surface area (Å²) in [6, 6.07) is 106. The van der Waals surface area contributed by atoms with E-state index in [-0.39, 0.29) is 0 Å². The van der Waals surface area contributed by atoms with E-state index in [0.29, 0.717) is 0 Å². The third-order valence-corrected chi connectivity index (χ3v) is 16.8. The number of aromatic nitrogens is 2. The van der Waals surface area contributed by atoms with Gasteiger partial charge in [-0.1, -0.05) is 206 Å². The molecule has 0 aliphatic carbocycles. The van der Waals surface area contributed by atoms with E-state index in [2.05, 4.69) is 310 Å². The highest BCUT2D eigenvalue weighted by Crippen LogP contribution is 2.52. The van der Waals surface area contributed by atoms with Crippen LogP contribution in [0.1, 0.15) is 0 Å². The normalized spacial score (nSPS) is 12.0. The second kappa shape index (κ2) is 17.8. The highest BCUT2D eigenvalue weighted by molar-refractivity contribution is 6.31. The third kappa shape index (κ3) is 6.61. The van der Waals surface area contributed by atoms with Crippen LogP contribution >= 0.6 is 0 Å². The molecule has 0 saturated heterocycles. The first-order valence-corrected chi connectivity index (χ1v) is 27.8. The topological polar surface area (TPSA) is 29.5 Å². The molecule has 0 unspecified atom stereocenters. The maximum absolute atomic E-state index is 7.60. The van der Waals surface area contributed by atoms with Crippen molar-refractivity contribution in [3.8, 4) is 11.4 Å². The minimum absolute atomic E-state index is 0.883. The van der Waals surface area contributed by atoms with Gasteiger partial charge in [-0.2, -0.15) is 0 Å². The molecule has 3 aromatic heterocycles. The van der Waals surface area contributed by atoms with E-state index in [1.54, 1.807) is 0 Å². The molecule has 0 atom stereocenters. The van der Waals surface area contributed by atoms with E-state index in [9.17, 15) is 0 Å². The lowest BCUT2D eigenvalue weighted by Gasteiger charge is -2.29. The van der Waals surface area contributed by atoms with Crippen LogP contribution in [0.2, 0.25) is 0 Å². The number of anilines is 6. The van der Waals surface area contributed by atoms with E-state index in [4.69, 9.17) is 4.42 Å². The largest absolute Gasteiger partial charge is 0.455 e. The summed E-state index contributed by atoms with van der Waals surface area (Å²) >= 11 is 0. The van der Waals surface area contributed by atoms with Gasteiger partial charge in [-0.15, -0.1) is 0 Å². The molecule has 81 heavy (non-hydrogen) atoms. The molecule has 0 aliphatic heterocycles. The number of benzene rings is 14. The van der Waals surface area contributed by atoms with Gasteiger partial charge in [0.25, 0.3) is 0 Å². The van der Waals surface area contributed by atoms with Gasteiger partial charge in [-0.25, -0.2) is 0 Å². The highest BCUT2D eigenvalue weighted by atomic mass is 16.3. The number of nitrogens with zero attached hydrogens (tertiary/aromatic N) is 4. The minimum Gasteiger partial charge on any atom is -0.455 e. The molecule has 17 aromatic rings. The fourth-order valence-electron chi connectivity index (χ4n) is 13.5. The van der Waals surface area contributed by atoms with Crippen LogP contribution in [0.25, 0.3) is 120 Å². The van der Waals surface area contributed by atoms with Crippen molar-refractivity contribution < 1.29 is 4.42 Å². The first-order chi connectivity index (χ1) is 40.3. The molecular weight excluding hydrogens is 985 g/mol. The molecule has 0 bridgehead atoms. The predicted molar refractivity (Wildman–Crippen MR) is 342 cm³/mol. The quantitative estimate of drug-likeness (QED) is 0.142. The lowest BCUT2D eigenvalue weighted by Crippen LogP contribution is -2.12. The van der Waals surface area contributed by atoms with Gasteiger partial charge in [0, 0.05) is 87.4 Å². The standard InChI is InChI=1S/C76H48N4O/c1-5-25-49(26-6-1)77(50-27-7-2-8-28-50)71-53-33-13-17-37-57(53)73(58-38-18-14-34-54(58)71)79-65-43-23-21-41-63(65)69-67(79)47-45-61-62-46-48-68-70(76(62)81-75(61)69)64-42-22-24-44-66(64)80(68)74-59-39-19-15-35-55(59)72(56-36-16-20-40-60(56)74)78(51-29-9-3-10-30-51)52-31-11-4-12-32-52/h1-48H. The van der Waals surface area contributed by atoms with E-state index in [1.807, 2.05) is 0 Å². The smallest absolute Gasteiger partial charge is 0.145 e. The average molecular weight is 1030 g/mol. The summed E-state index contributed by atoms with van der Waals surface area (Å²) < 4.78 is 12.6. The molecular formula is C76H48N4O. The molecule has 378 valence electrons.